The first-order valence-electron chi connectivity index (χ1n) is 12.1. The first-order chi connectivity index (χ1) is 16.2. The second-order valence-corrected chi connectivity index (χ2v) is 9.32. The number of rotatable bonds is 6. The van der Waals surface area contributed by atoms with E-state index in [0.717, 1.165) is 43.2 Å². The largest absolute Gasteiger partial charge is 0.335 e. The zero-order valence-corrected chi connectivity index (χ0v) is 19.4. The summed E-state index contributed by atoms with van der Waals surface area (Å²) in [6.07, 6.45) is 13.8. The van der Waals surface area contributed by atoms with E-state index in [2.05, 4.69) is 19.8 Å². The van der Waals surface area contributed by atoms with Crippen LogP contribution in [0.15, 0.2) is 43.0 Å². The van der Waals surface area contributed by atoms with Crippen LogP contribution in [0.1, 0.15) is 54.0 Å². The van der Waals surface area contributed by atoms with E-state index in [1.54, 1.807) is 18.6 Å². The van der Waals surface area contributed by atoms with Crippen LogP contribution in [0.25, 0.3) is 5.65 Å². The molecule has 0 radical (unpaired) electrons. The first-order valence-corrected chi connectivity index (χ1v) is 12.1. The Labute approximate surface area is 195 Å². The zero-order valence-electron chi connectivity index (χ0n) is 19.4. The van der Waals surface area contributed by atoms with Gasteiger partial charge in [-0.15, -0.1) is 0 Å². The van der Waals surface area contributed by atoms with Crippen LogP contribution >= 0.6 is 0 Å². The van der Waals surface area contributed by atoms with Gasteiger partial charge in [0, 0.05) is 70.1 Å². The Kier molecular flexibility index (Phi) is 6.64. The molecule has 33 heavy (non-hydrogen) atoms. The van der Waals surface area contributed by atoms with Crippen LogP contribution in [0.3, 0.4) is 0 Å². The third-order valence-electron chi connectivity index (χ3n) is 6.99. The van der Waals surface area contributed by atoms with Gasteiger partial charge in [-0.05, 0) is 32.0 Å². The molecule has 3 aromatic heterocycles. The fourth-order valence-corrected chi connectivity index (χ4v) is 5.25. The normalized spacial score (nSPS) is 18.3. The predicted molar refractivity (Wildman–Crippen MR) is 127 cm³/mol. The van der Waals surface area contributed by atoms with Crippen molar-refractivity contribution >= 4 is 11.6 Å². The minimum Gasteiger partial charge on any atom is -0.335 e. The van der Waals surface area contributed by atoms with Gasteiger partial charge in [0.15, 0.2) is 5.69 Å². The summed E-state index contributed by atoms with van der Waals surface area (Å²) in [6, 6.07) is 6.62. The van der Waals surface area contributed by atoms with Crippen LogP contribution in [0, 0.1) is 0 Å². The van der Waals surface area contributed by atoms with Gasteiger partial charge in [-0.3, -0.25) is 24.6 Å². The SMILES string of the molecule is CN(Cc1cnccn1)Cc1c(C(=O)N2CCN(C3CCCCC3)CC2)nc2ccccn12. The molecule has 1 aliphatic heterocycles. The summed E-state index contributed by atoms with van der Waals surface area (Å²) >= 11 is 0. The molecule has 1 saturated heterocycles. The van der Waals surface area contributed by atoms with E-state index in [1.807, 2.05) is 40.7 Å². The first kappa shape index (κ1) is 22.0. The Morgan fingerprint density at radius 2 is 1.88 bits per heavy atom. The number of hydrogen-bond donors (Lipinski definition) is 0. The van der Waals surface area contributed by atoms with Crippen molar-refractivity contribution < 1.29 is 4.79 Å². The molecule has 1 saturated carbocycles. The number of piperazine rings is 1. The Hall–Kier alpha value is -2.84. The predicted octanol–water partition coefficient (Wildman–Crippen LogP) is 2.85. The standard InChI is InChI=1S/C25H33N7O/c1-29(18-20-17-26-10-11-27-20)19-22-24(28-23-9-5-6-12-32(22)23)25(33)31-15-13-30(14-16-31)21-7-3-2-4-8-21/h5-6,9-12,17,21H,2-4,7-8,13-16,18-19H2,1H3. The monoisotopic (exact) mass is 447 g/mol. The van der Waals surface area contributed by atoms with Crippen molar-refractivity contribution in [3.63, 3.8) is 0 Å². The maximum Gasteiger partial charge on any atom is 0.274 e. The molecule has 8 nitrogen and oxygen atoms in total. The number of hydrogen-bond acceptors (Lipinski definition) is 6. The molecule has 1 amide bonds. The lowest BCUT2D eigenvalue weighted by Crippen LogP contribution is -2.52. The van der Waals surface area contributed by atoms with Crippen molar-refractivity contribution in [3.05, 3.63) is 60.1 Å². The summed E-state index contributed by atoms with van der Waals surface area (Å²) in [5.41, 5.74) is 3.21. The Bertz CT molecular complexity index is 1070. The summed E-state index contributed by atoms with van der Waals surface area (Å²) in [6.45, 7) is 4.74. The Morgan fingerprint density at radius 1 is 1.06 bits per heavy atom. The van der Waals surface area contributed by atoms with Crippen molar-refractivity contribution in [2.24, 2.45) is 0 Å². The summed E-state index contributed by atoms with van der Waals surface area (Å²) in [7, 11) is 2.04. The number of pyridine rings is 1. The topological polar surface area (TPSA) is 69.9 Å². The molecular formula is C25H33N7O. The molecule has 174 valence electrons. The van der Waals surface area contributed by atoms with E-state index in [4.69, 9.17) is 4.98 Å². The number of carbonyl (C=O) groups excluding carboxylic acids is 1. The smallest absolute Gasteiger partial charge is 0.274 e. The Morgan fingerprint density at radius 3 is 2.64 bits per heavy atom. The summed E-state index contributed by atoms with van der Waals surface area (Å²) < 4.78 is 2.04. The molecule has 2 aliphatic rings. The van der Waals surface area contributed by atoms with Crippen LogP contribution in [0.5, 0.6) is 0 Å². The molecule has 0 spiro atoms. The van der Waals surface area contributed by atoms with Crippen molar-refractivity contribution in [2.45, 2.75) is 51.2 Å². The van der Waals surface area contributed by atoms with Crippen LogP contribution in [0.2, 0.25) is 0 Å². The highest BCUT2D eigenvalue weighted by atomic mass is 16.2. The van der Waals surface area contributed by atoms with Crippen LogP contribution in [-0.2, 0) is 13.1 Å². The summed E-state index contributed by atoms with van der Waals surface area (Å²) in [5.74, 6) is 0.0462. The number of imidazole rings is 1. The van der Waals surface area contributed by atoms with E-state index in [-0.39, 0.29) is 5.91 Å². The van der Waals surface area contributed by atoms with Gasteiger partial charge in [-0.25, -0.2) is 4.98 Å². The van der Waals surface area contributed by atoms with E-state index in [9.17, 15) is 4.79 Å². The molecule has 5 rings (SSSR count). The highest BCUT2D eigenvalue weighted by Gasteiger charge is 2.30. The van der Waals surface area contributed by atoms with E-state index < -0.39 is 0 Å². The van der Waals surface area contributed by atoms with E-state index >= 15 is 0 Å². The number of amides is 1. The van der Waals surface area contributed by atoms with Gasteiger partial charge in [-0.1, -0.05) is 25.3 Å². The zero-order chi connectivity index (χ0) is 22.6. The molecule has 3 aromatic rings. The second-order valence-electron chi connectivity index (χ2n) is 9.32. The van der Waals surface area contributed by atoms with E-state index in [0.29, 0.717) is 24.8 Å². The number of carbonyl (C=O) groups is 1. The third-order valence-corrected chi connectivity index (χ3v) is 6.99. The molecule has 0 unspecified atom stereocenters. The van der Waals surface area contributed by atoms with Gasteiger partial charge in [0.05, 0.1) is 11.4 Å². The van der Waals surface area contributed by atoms with Crippen LogP contribution in [-0.4, -0.2) is 79.2 Å². The van der Waals surface area contributed by atoms with Crippen molar-refractivity contribution in [3.8, 4) is 0 Å². The quantitative estimate of drug-likeness (QED) is 0.579. The van der Waals surface area contributed by atoms with E-state index in [1.165, 1.54) is 32.1 Å². The van der Waals surface area contributed by atoms with Crippen LogP contribution in [0.4, 0.5) is 0 Å². The minimum atomic E-state index is 0.0462. The van der Waals surface area contributed by atoms with Crippen LogP contribution < -0.4 is 0 Å². The lowest BCUT2D eigenvalue weighted by Gasteiger charge is -2.40. The fraction of sp³-hybridized carbons (Fsp3) is 0.520. The van der Waals surface area contributed by atoms with Gasteiger partial charge in [0.1, 0.15) is 5.65 Å². The summed E-state index contributed by atoms with van der Waals surface area (Å²) in [5, 5.41) is 0. The minimum absolute atomic E-state index is 0.0462. The number of aromatic nitrogens is 4. The molecule has 8 heteroatoms. The molecule has 1 aliphatic carbocycles. The average Bonchev–Trinajstić information content (AvgIpc) is 3.23. The van der Waals surface area contributed by atoms with Gasteiger partial charge >= 0.3 is 0 Å². The van der Waals surface area contributed by atoms with Gasteiger partial charge < -0.3 is 9.30 Å². The molecular weight excluding hydrogens is 414 g/mol. The molecule has 0 bridgehead atoms. The third kappa shape index (κ3) is 4.91. The molecule has 2 fully saturated rings. The highest BCUT2D eigenvalue weighted by Crippen LogP contribution is 2.24. The van der Waals surface area contributed by atoms with Crippen molar-refractivity contribution in [1.82, 2.24) is 34.1 Å². The number of nitrogens with zero attached hydrogens (tertiary/aromatic N) is 7. The molecule has 0 atom stereocenters. The average molecular weight is 448 g/mol. The maximum absolute atomic E-state index is 13.6. The Balaban J connectivity index is 1.31. The lowest BCUT2D eigenvalue weighted by molar-refractivity contribution is 0.0517. The molecule has 4 heterocycles. The van der Waals surface area contributed by atoms with Crippen molar-refractivity contribution in [1.29, 1.82) is 0 Å². The van der Waals surface area contributed by atoms with Gasteiger partial charge in [-0.2, -0.15) is 0 Å². The maximum atomic E-state index is 13.6. The second kappa shape index (κ2) is 9.97. The van der Waals surface area contributed by atoms with Crippen molar-refractivity contribution in [2.75, 3.05) is 33.2 Å². The fourth-order valence-electron chi connectivity index (χ4n) is 5.25. The molecule has 0 aromatic carbocycles. The lowest BCUT2D eigenvalue weighted by atomic mass is 9.94. The molecule has 0 N–H and O–H groups in total. The summed E-state index contributed by atoms with van der Waals surface area (Å²) in [4.78, 5) is 33.6. The van der Waals surface area contributed by atoms with Gasteiger partial charge in [0.25, 0.3) is 5.91 Å². The number of fused-ring (bicyclic) bond motifs is 1. The highest BCUT2D eigenvalue weighted by molar-refractivity contribution is 5.94. The van der Waals surface area contributed by atoms with Gasteiger partial charge in [0.2, 0.25) is 0 Å².